The summed E-state index contributed by atoms with van der Waals surface area (Å²) in [6.45, 7) is 6.80. The molecule has 21 heavy (non-hydrogen) atoms. The third-order valence-electron chi connectivity index (χ3n) is 3.31. The molecule has 2 aromatic carbocycles. The standard InChI is InChI=1S/C18H22N2O/c1-13(2)20-18(21)15-8-10-17(11-9-15)19-12-16-7-5-4-6-14(16)3/h4-11,13,19H,12H2,1-3H3,(H,20,21). The van der Waals surface area contributed by atoms with Crippen LogP contribution >= 0.6 is 0 Å². The lowest BCUT2D eigenvalue weighted by atomic mass is 10.1. The van der Waals surface area contributed by atoms with Gasteiger partial charge in [-0.3, -0.25) is 4.79 Å². The number of amides is 1. The molecule has 1 amide bonds. The molecule has 3 heteroatoms. The molecule has 0 heterocycles. The van der Waals surface area contributed by atoms with E-state index in [4.69, 9.17) is 0 Å². The van der Waals surface area contributed by atoms with Gasteiger partial charge in [-0.2, -0.15) is 0 Å². The summed E-state index contributed by atoms with van der Waals surface area (Å²) in [5.41, 5.74) is 4.25. The highest BCUT2D eigenvalue weighted by molar-refractivity contribution is 5.94. The monoisotopic (exact) mass is 282 g/mol. The molecule has 2 aromatic rings. The largest absolute Gasteiger partial charge is 0.381 e. The first-order valence-electron chi connectivity index (χ1n) is 7.25. The molecule has 2 rings (SSSR count). The fourth-order valence-electron chi connectivity index (χ4n) is 2.09. The average molecular weight is 282 g/mol. The molecule has 2 N–H and O–H groups in total. The van der Waals surface area contributed by atoms with Crippen molar-refractivity contribution in [3.8, 4) is 0 Å². The Morgan fingerprint density at radius 1 is 1.05 bits per heavy atom. The van der Waals surface area contributed by atoms with E-state index in [1.165, 1.54) is 11.1 Å². The van der Waals surface area contributed by atoms with Gasteiger partial charge in [-0.25, -0.2) is 0 Å². The maximum Gasteiger partial charge on any atom is 0.251 e. The van der Waals surface area contributed by atoms with Crippen LogP contribution in [-0.2, 0) is 6.54 Å². The highest BCUT2D eigenvalue weighted by Crippen LogP contribution is 2.13. The fourth-order valence-corrected chi connectivity index (χ4v) is 2.09. The summed E-state index contributed by atoms with van der Waals surface area (Å²) < 4.78 is 0. The number of anilines is 1. The van der Waals surface area contributed by atoms with Crippen molar-refractivity contribution in [3.63, 3.8) is 0 Å². The molecular weight excluding hydrogens is 260 g/mol. The first kappa shape index (κ1) is 15.1. The van der Waals surface area contributed by atoms with Crippen LogP contribution in [0, 0.1) is 6.92 Å². The Labute approximate surface area is 126 Å². The zero-order chi connectivity index (χ0) is 15.2. The SMILES string of the molecule is Cc1ccccc1CNc1ccc(C(=O)NC(C)C)cc1. The fraction of sp³-hybridized carbons (Fsp3) is 0.278. The molecule has 0 atom stereocenters. The van der Waals surface area contributed by atoms with E-state index >= 15 is 0 Å². The smallest absolute Gasteiger partial charge is 0.251 e. The van der Waals surface area contributed by atoms with Crippen LogP contribution in [0.5, 0.6) is 0 Å². The van der Waals surface area contributed by atoms with Crippen LogP contribution in [0.1, 0.15) is 35.3 Å². The van der Waals surface area contributed by atoms with E-state index in [0.29, 0.717) is 5.56 Å². The van der Waals surface area contributed by atoms with Gasteiger partial charge in [0, 0.05) is 23.8 Å². The molecule has 0 aromatic heterocycles. The summed E-state index contributed by atoms with van der Waals surface area (Å²) in [5.74, 6) is -0.0320. The summed E-state index contributed by atoms with van der Waals surface area (Å²) in [7, 11) is 0. The van der Waals surface area contributed by atoms with Crippen LogP contribution in [0.15, 0.2) is 48.5 Å². The van der Waals surface area contributed by atoms with Crippen molar-refractivity contribution in [2.24, 2.45) is 0 Å². The summed E-state index contributed by atoms with van der Waals surface area (Å²) >= 11 is 0. The van der Waals surface area contributed by atoms with E-state index in [9.17, 15) is 4.79 Å². The van der Waals surface area contributed by atoms with Gasteiger partial charge in [0.05, 0.1) is 0 Å². The number of hydrogen-bond donors (Lipinski definition) is 2. The molecule has 0 spiro atoms. The van der Waals surface area contributed by atoms with Crippen molar-refractivity contribution in [1.82, 2.24) is 5.32 Å². The minimum absolute atomic E-state index is 0.0320. The summed E-state index contributed by atoms with van der Waals surface area (Å²) in [6, 6.07) is 16.0. The number of benzene rings is 2. The number of rotatable bonds is 5. The quantitative estimate of drug-likeness (QED) is 0.877. The Bertz CT molecular complexity index is 603. The Morgan fingerprint density at radius 2 is 1.71 bits per heavy atom. The second-order valence-electron chi connectivity index (χ2n) is 5.49. The van der Waals surface area contributed by atoms with Gasteiger partial charge in [-0.15, -0.1) is 0 Å². The Hall–Kier alpha value is -2.29. The number of carbonyl (C=O) groups excluding carboxylic acids is 1. The number of aryl methyl sites for hydroxylation is 1. The first-order chi connectivity index (χ1) is 10.1. The third kappa shape index (κ3) is 4.35. The molecule has 0 bridgehead atoms. The van der Waals surface area contributed by atoms with Gasteiger partial charge in [0.25, 0.3) is 5.91 Å². The zero-order valence-electron chi connectivity index (χ0n) is 12.8. The highest BCUT2D eigenvalue weighted by atomic mass is 16.1. The third-order valence-corrected chi connectivity index (χ3v) is 3.31. The van der Waals surface area contributed by atoms with Crippen LogP contribution in [0.4, 0.5) is 5.69 Å². The van der Waals surface area contributed by atoms with Crippen LogP contribution in [0.3, 0.4) is 0 Å². The van der Waals surface area contributed by atoms with E-state index in [1.807, 2.05) is 50.2 Å². The average Bonchev–Trinajstić information content (AvgIpc) is 2.46. The number of hydrogen-bond acceptors (Lipinski definition) is 2. The topological polar surface area (TPSA) is 41.1 Å². The molecule has 0 saturated carbocycles. The second kappa shape index (κ2) is 6.93. The summed E-state index contributed by atoms with van der Waals surface area (Å²) in [5, 5.41) is 6.26. The molecule has 0 aliphatic heterocycles. The Morgan fingerprint density at radius 3 is 2.33 bits per heavy atom. The lowest BCUT2D eigenvalue weighted by molar-refractivity contribution is 0.0943. The number of nitrogens with one attached hydrogen (secondary N) is 2. The Balaban J connectivity index is 1.97. The summed E-state index contributed by atoms with van der Waals surface area (Å²) in [6.07, 6.45) is 0. The van der Waals surface area contributed by atoms with Crippen LogP contribution < -0.4 is 10.6 Å². The van der Waals surface area contributed by atoms with E-state index < -0.39 is 0 Å². The minimum Gasteiger partial charge on any atom is -0.381 e. The number of carbonyl (C=O) groups is 1. The molecule has 3 nitrogen and oxygen atoms in total. The predicted octanol–water partition coefficient (Wildman–Crippen LogP) is 3.75. The molecule has 0 saturated heterocycles. The molecule has 0 aliphatic carbocycles. The van der Waals surface area contributed by atoms with Crippen LogP contribution in [0.2, 0.25) is 0 Å². The van der Waals surface area contributed by atoms with Crippen molar-refractivity contribution >= 4 is 11.6 Å². The van der Waals surface area contributed by atoms with Gasteiger partial charge >= 0.3 is 0 Å². The van der Waals surface area contributed by atoms with E-state index in [0.717, 1.165) is 12.2 Å². The molecule has 0 fully saturated rings. The predicted molar refractivity (Wildman–Crippen MR) is 87.5 cm³/mol. The van der Waals surface area contributed by atoms with Gasteiger partial charge < -0.3 is 10.6 Å². The molecule has 110 valence electrons. The normalized spacial score (nSPS) is 10.5. The Kier molecular flexibility index (Phi) is 4.99. The highest BCUT2D eigenvalue weighted by Gasteiger charge is 2.06. The van der Waals surface area contributed by atoms with Gasteiger partial charge in [0.1, 0.15) is 0 Å². The minimum atomic E-state index is -0.0320. The lowest BCUT2D eigenvalue weighted by Crippen LogP contribution is -2.29. The molecule has 0 radical (unpaired) electrons. The van der Waals surface area contributed by atoms with Gasteiger partial charge in [0.2, 0.25) is 0 Å². The molecule has 0 unspecified atom stereocenters. The van der Waals surface area contributed by atoms with Crippen LogP contribution in [-0.4, -0.2) is 11.9 Å². The maximum absolute atomic E-state index is 11.9. The van der Waals surface area contributed by atoms with Crippen molar-refractivity contribution < 1.29 is 4.79 Å². The van der Waals surface area contributed by atoms with Gasteiger partial charge in [-0.1, -0.05) is 24.3 Å². The van der Waals surface area contributed by atoms with Gasteiger partial charge in [-0.05, 0) is 56.2 Å². The molecule has 0 aliphatic rings. The van der Waals surface area contributed by atoms with Crippen molar-refractivity contribution in [2.75, 3.05) is 5.32 Å². The maximum atomic E-state index is 11.9. The van der Waals surface area contributed by atoms with E-state index in [-0.39, 0.29) is 11.9 Å². The first-order valence-corrected chi connectivity index (χ1v) is 7.25. The van der Waals surface area contributed by atoms with E-state index in [1.54, 1.807) is 0 Å². The lowest BCUT2D eigenvalue weighted by Gasteiger charge is -2.11. The molecular formula is C18H22N2O. The van der Waals surface area contributed by atoms with E-state index in [2.05, 4.69) is 29.7 Å². The van der Waals surface area contributed by atoms with Crippen molar-refractivity contribution in [2.45, 2.75) is 33.4 Å². The second-order valence-corrected chi connectivity index (χ2v) is 5.49. The van der Waals surface area contributed by atoms with Crippen molar-refractivity contribution in [3.05, 3.63) is 65.2 Å². The van der Waals surface area contributed by atoms with Crippen molar-refractivity contribution in [1.29, 1.82) is 0 Å². The summed E-state index contributed by atoms with van der Waals surface area (Å²) in [4.78, 5) is 11.9. The zero-order valence-corrected chi connectivity index (χ0v) is 12.8. The van der Waals surface area contributed by atoms with Crippen LogP contribution in [0.25, 0.3) is 0 Å². The van der Waals surface area contributed by atoms with Gasteiger partial charge in [0.15, 0.2) is 0 Å².